The lowest BCUT2D eigenvalue weighted by molar-refractivity contribution is -0.132. The van der Waals surface area contributed by atoms with Crippen LogP contribution >= 0.6 is 29.0 Å². The molecular formula is C28H38ClN3OP2. The summed E-state index contributed by atoms with van der Waals surface area (Å²) in [5, 5.41) is 2.05. The molecule has 2 aliphatic rings. The van der Waals surface area contributed by atoms with E-state index in [-0.39, 0.29) is 11.8 Å². The Morgan fingerprint density at radius 1 is 1.11 bits per heavy atom. The van der Waals surface area contributed by atoms with Crippen LogP contribution in [0.25, 0.3) is 0 Å². The Balaban J connectivity index is 1.39. The van der Waals surface area contributed by atoms with Crippen molar-refractivity contribution in [3.05, 3.63) is 64.7 Å². The quantitative estimate of drug-likeness (QED) is 0.416. The lowest BCUT2D eigenvalue weighted by atomic mass is 9.93. The molecule has 2 aromatic carbocycles. The average Bonchev–Trinajstić information content (AvgIpc) is 3.32. The molecule has 2 fully saturated rings. The highest BCUT2D eigenvalue weighted by Crippen LogP contribution is 2.27. The van der Waals surface area contributed by atoms with Crippen LogP contribution in [-0.4, -0.2) is 72.0 Å². The summed E-state index contributed by atoms with van der Waals surface area (Å²) in [6.45, 7) is 7.15. The fraction of sp³-hybridized carbons (Fsp3) is 0.500. The SMILES string of the molecule is CPc1ccc(C(CCN2CCC(N3CCCC3=P)CC2)C(=O)N(C)Cc2ccc(Cl)cc2)cc1. The van der Waals surface area contributed by atoms with E-state index in [0.29, 0.717) is 12.6 Å². The molecule has 0 bridgehead atoms. The summed E-state index contributed by atoms with van der Waals surface area (Å²) in [6.07, 6.45) is 5.71. The Kier molecular flexibility index (Phi) is 9.79. The first-order valence-corrected chi connectivity index (χ1v) is 15.2. The van der Waals surface area contributed by atoms with Gasteiger partial charge in [0.1, 0.15) is 0 Å². The maximum atomic E-state index is 13.7. The first-order chi connectivity index (χ1) is 16.9. The Bertz CT molecular complexity index is 990. The summed E-state index contributed by atoms with van der Waals surface area (Å²) >= 11 is 6.04. The molecule has 2 aromatic rings. The highest BCUT2D eigenvalue weighted by atomic mass is 35.5. The zero-order valence-electron chi connectivity index (χ0n) is 21.0. The zero-order chi connectivity index (χ0) is 24.8. The van der Waals surface area contributed by atoms with Crippen LogP contribution in [0.1, 0.15) is 49.1 Å². The summed E-state index contributed by atoms with van der Waals surface area (Å²) in [4.78, 5) is 20.7. The molecule has 2 saturated heterocycles. The second-order valence-corrected chi connectivity index (χ2v) is 11.9. The van der Waals surface area contributed by atoms with Gasteiger partial charge in [-0.2, -0.15) is 0 Å². The van der Waals surface area contributed by atoms with Crippen LogP contribution in [0, 0.1) is 0 Å². The van der Waals surface area contributed by atoms with E-state index in [1.54, 1.807) is 0 Å². The van der Waals surface area contributed by atoms with E-state index in [1.165, 1.54) is 43.0 Å². The van der Waals surface area contributed by atoms with E-state index >= 15 is 0 Å². The predicted octanol–water partition coefficient (Wildman–Crippen LogP) is 5.24. The minimum absolute atomic E-state index is 0.125. The van der Waals surface area contributed by atoms with E-state index in [0.717, 1.165) is 50.8 Å². The second-order valence-electron chi connectivity index (χ2n) is 9.85. The van der Waals surface area contributed by atoms with Crippen molar-refractivity contribution in [1.82, 2.24) is 14.7 Å². The number of hydrogen-bond donors (Lipinski definition) is 0. The Hall–Kier alpha value is -1.28. The summed E-state index contributed by atoms with van der Waals surface area (Å²) in [5.74, 6) is 0.0666. The van der Waals surface area contributed by atoms with Gasteiger partial charge in [0.05, 0.1) is 5.92 Å². The van der Waals surface area contributed by atoms with E-state index < -0.39 is 0 Å². The standard InChI is InChI=1S/C28H38ClN3OP2/c1-30(20-21-5-9-23(29)10-6-21)28(33)26(22-7-11-25(35-2)12-8-22)15-19-31-17-13-24(14-18-31)32-16-3-4-27(32)34/h5-12,24,26,34-35H,3-4,13-20H2,1-2H3. The van der Waals surface area contributed by atoms with Gasteiger partial charge in [-0.15, -0.1) is 8.86 Å². The Morgan fingerprint density at radius 2 is 1.80 bits per heavy atom. The molecule has 7 heteroatoms. The zero-order valence-corrected chi connectivity index (χ0v) is 23.7. The van der Waals surface area contributed by atoms with Crippen LogP contribution in [0.15, 0.2) is 48.5 Å². The number of hydrogen-bond acceptors (Lipinski definition) is 2. The molecule has 0 saturated carbocycles. The van der Waals surface area contributed by atoms with Crippen LogP contribution in [0.4, 0.5) is 0 Å². The monoisotopic (exact) mass is 529 g/mol. The third-order valence-electron chi connectivity index (χ3n) is 7.50. The number of likely N-dealkylation sites (tertiary alicyclic amines) is 2. The van der Waals surface area contributed by atoms with Gasteiger partial charge in [-0.05, 0) is 87.0 Å². The molecule has 2 unspecified atom stereocenters. The first-order valence-electron chi connectivity index (χ1n) is 12.8. The summed E-state index contributed by atoms with van der Waals surface area (Å²) in [5.41, 5.74) is 3.61. The van der Waals surface area contributed by atoms with Crippen molar-refractivity contribution in [3.8, 4) is 0 Å². The molecule has 2 atom stereocenters. The van der Waals surface area contributed by atoms with Gasteiger partial charge in [-0.1, -0.05) is 56.6 Å². The van der Waals surface area contributed by atoms with Gasteiger partial charge in [0.25, 0.3) is 0 Å². The molecule has 35 heavy (non-hydrogen) atoms. The fourth-order valence-corrected chi connectivity index (χ4v) is 6.48. The van der Waals surface area contributed by atoms with E-state index in [4.69, 9.17) is 11.6 Å². The lowest BCUT2D eigenvalue weighted by Gasteiger charge is -2.37. The minimum atomic E-state index is -0.125. The van der Waals surface area contributed by atoms with Crippen LogP contribution in [0.3, 0.4) is 0 Å². The average molecular weight is 530 g/mol. The van der Waals surface area contributed by atoms with E-state index in [1.807, 2.05) is 36.2 Å². The summed E-state index contributed by atoms with van der Waals surface area (Å²) in [6, 6.07) is 17.1. The smallest absolute Gasteiger partial charge is 0.230 e. The van der Waals surface area contributed by atoms with Crippen molar-refractivity contribution < 1.29 is 4.79 Å². The topological polar surface area (TPSA) is 26.8 Å². The summed E-state index contributed by atoms with van der Waals surface area (Å²) < 4.78 is 0. The largest absolute Gasteiger partial charge is 0.341 e. The van der Waals surface area contributed by atoms with E-state index in [9.17, 15) is 4.79 Å². The van der Waals surface area contributed by atoms with Crippen molar-refractivity contribution >= 4 is 45.7 Å². The molecule has 0 spiro atoms. The third-order valence-corrected chi connectivity index (χ3v) is 9.20. The number of rotatable bonds is 9. The molecular weight excluding hydrogens is 492 g/mol. The molecule has 0 radical (unpaired) electrons. The van der Waals surface area contributed by atoms with Crippen LogP contribution in [-0.2, 0) is 11.3 Å². The number of benzene rings is 2. The van der Waals surface area contributed by atoms with Crippen LogP contribution in [0.2, 0.25) is 5.02 Å². The number of amides is 1. The Labute approximate surface area is 220 Å². The molecule has 2 heterocycles. The molecule has 4 rings (SSSR count). The van der Waals surface area contributed by atoms with Crippen molar-refractivity contribution in [2.24, 2.45) is 0 Å². The molecule has 0 N–H and O–H groups in total. The fourth-order valence-electron chi connectivity index (χ4n) is 5.39. The first kappa shape index (κ1) is 26.8. The maximum absolute atomic E-state index is 13.7. The number of likely N-dealkylation sites (N-methyl/N-ethyl adjacent to an activating group) is 1. The molecule has 1 amide bonds. The normalized spacial score (nSPS) is 19.0. The maximum Gasteiger partial charge on any atom is 0.230 e. The van der Waals surface area contributed by atoms with Crippen molar-refractivity contribution in [1.29, 1.82) is 0 Å². The molecule has 0 aromatic heterocycles. The van der Waals surface area contributed by atoms with Crippen LogP contribution < -0.4 is 5.30 Å². The number of carbonyl (C=O) groups excluding carboxylic acids is 1. The highest BCUT2D eigenvalue weighted by Gasteiger charge is 2.30. The Morgan fingerprint density at radius 3 is 2.40 bits per heavy atom. The van der Waals surface area contributed by atoms with Gasteiger partial charge in [-0.25, -0.2) is 0 Å². The summed E-state index contributed by atoms with van der Waals surface area (Å²) in [7, 11) is 6.52. The predicted molar refractivity (Wildman–Crippen MR) is 154 cm³/mol. The number of nitrogens with zero attached hydrogens (tertiary/aromatic N) is 3. The van der Waals surface area contributed by atoms with E-state index in [2.05, 4.69) is 49.6 Å². The van der Waals surface area contributed by atoms with Gasteiger partial charge in [-0.3, -0.25) is 9.69 Å². The number of halogens is 1. The van der Waals surface area contributed by atoms with Gasteiger partial charge in [0, 0.05) is 36.6 Å². The number of carbonyl (C=O) groups is 1. The molecule has 2 aliphatic heterocycles. The third kappa shape index (κ3) is 7.15. The highest BCUT2D eigenvalue weighted by molar-refractivity contribution is 7.46. The van der Waals surface area contributed by atoms with Crippen molar-refractivity contribution in [2.45, 2.75) is 50.6 Å². The molecule has 188 valence electrons. The van der Waals surface area contributed by atoms with Crippen molar-refractivity contribution in [3.63, 3.8) is 0 Å². The van der Waals surface area contributed by atoms with Gasteiger partial charge >= 0.3 is 0 Å². The van der Waals surface area contributed by atoms with Crippen LogP contribution in [0.5, 0.6) is 0 Å². The number of piperidine rings is 1. The van der Waals surface area contributed by atoms with Gasteiger partial charge in [0.15, 0.2) is 0 Å². The van der Waals surface area contributed by atoms with Gasteiger partial charge in [0.2, 0.25) is 5.91 Å². The minimum Gasteiger partial charge on any atom is -0.341 e. The lowest BCUT2D eigenvalue weighted by Crippen LogP contribution is -2.45. The van der Waals surface area contributed by atoms with Gasteiger partial charge < -0.3 is 9.80 Å². The molecule has 4 nitrogen and oxygen atoms in total. The second kappa shape index (κ2) is 12.8. The molecule has 0 aliphatic carbocycles. The van der Waals surface area contributed by atoms with Crippen molar-refractivity contribution in [2.75, 3.05) is 39.9 Å².